The maximum Gasteiger partial charge on any atom is 0.337 e. The van der Waals surface area contributed by atoms with E-state index in [0.29, 0.717) is 22.3 Å². The molecule has 0 radical (unpaired) electrons. The van der Waals surface area contributed by atoms with E-state index >= 15 is 0 Å². The summed E-state index contributed by atoms with van der Waals surface area (Å²) in [6.07, 6.45) is 0. The first-order valence-electron chi connectivity index (χ1n) is 6.70. The van der Waals surface area contributed by atoms with Crippen LogP contribution in [0.1, 0.15) is 31.8 Å². The van der Waals surface area contributed by atoms with Crippen LogP contribution < -0.4 is 0 Å². The van der Waals surface area contributed by atoms with Crippen molar-refractivity contribution in [3.63, 3.8) is 0 Å². The van der Waals surface area contributed by atoms with Gasteiger partial charge in [0, 0.05) is 11.1 Å². The van der Waals surface area contributed by atoms with Gasteiger partial charge in [0.2, 0.25) is 0 Å². The molecule has 1 N–H and O–H groups in total. The molecular formula is C17H15NO5. The fraction of sp³-hybridized carbons (Fsp3) is 0.118. The van der Waals surface area contributed by atoms with E-state index in [-0.39, 0.29) is 5.71 Å². The standard InChI is InChI=1S/C17H15NO5/c1-22-16(19)12-8-6-11(7-9-12)15(18-21)13-4-3-5-14(10-13)17(20)23-2/h3-10,21H,1-2H3/b18-15-. The summed E-state index contributed by atoms with van der Waals surface area (Å²) in [6.45, 7) is 0. The van der Waals surface area contributed by atoms with E-state index in [1.54, 1.807) is 48.5 Å². The third-order valence-corrected chi connectivity index (χ3v) is 3.24. The molecular weight excluding hydrogens is 298 g/mol. The van der Waals surface area contributed by atoms with Crippen molar-refractivity contribution in [1.82, 2.24) is 0 Å². The first kappa shape index (κ1) is 16.2. The Balaban J connectivity index is 2.37. The Morgan fingerprint density at radius 3 is 1.91 bits per heavy atom. The van der Waals surface area contributed by atoms with E-state index in [1.165, 1.54) is 14.2 Å². The van der Waals surface area contributed by atoms with Crippen molar-refractivity contribution in [2.75, 3.05) is 14.2 Å². The van der Waals surface area contributed by atoms with E-state index in [2.05, 4.69) is 14.6 Å². The van der Waals surface area contributed by atoms with Crippen molar-refractivity contribution in [3.8, 4) is 0 Å². The first-order chi connectivity index (χ1) is 11.1. The van der Waals surface area contributed by atoms with Crippen LogP contribution in [0.15, 0.2) is 53.7 Å². The number of methoxy groups -OCH3 is 2. The van der Waals surface area contributed by atoms with E-state index in [4.69, 9.17) is 0 Å². The second-order valence-electron chi connectivity index (χ2n) is 4.59. The number of carbonyl (C=O) groups excluding carboxylic acids is 2. The average Bonchev–Trinajstić information content (AvgIpc) is 2.62. The van der Waals surface area contributed by atoms with Crippen LogP contribution in [0.4, 0.5) is 0 Å². The topological polar surface area (TPSA) is 85.2 Å². The molecule has 23 heavy (non-hydrogen) atoms. The third-order valence-electron chi connectivity index (χ3n) is 3.24. The molecule has 0 spiro atoms. The number of hydrogen-bond donors (Lipinski definition) is 1. The van der Waals surface area contributed by atoms with Crippen molar-refractivity contribution >= 4 is 17.7 Å². The number of ether oxygens (including phenoxy) is 2. The van der Waals surface area contributed by atoms with Gasteiger partial charge in [-0.3, -0.25) is 0 Å². The van der Waals surface area contributed by atoms with Crippen molar-refractivity contribution in [1.29, 1.82) is 0 Å². The van der Waals surface area contributed by atoms with Crippen molar-refractivity contribution in [2.24, 2.45) is 5.16 Å². The smallest absolute Gasteiger partial charge is 0.337 e. The largest absolute Gasteiger partial charge is 0.465 e. The molecule has 0 heterocycles. The Kier molecular flexibility index (Phi) is 5.09. The molecule has 0 fully saturated rings. The molecule has 0 aliphatic heterocycles. The molecule has 2 aromatic carbocycles. The molecule has 118 valence electrons. The summed E-state index contributed by atoms with van der Waals surface area (Å²) in [5, 5.41) is 12.6. The molecule has 6 nitrogen and oxygen atoms in total. The molecule has 2 rings (SSSR count). The monoisotopic (exact) mass is 313 g/mol. The van der Waals surface area contributed by atoms with Gasteiger partial charge in [-0.15, -0.1) is 0 Å². The Bertz CT molecular complexity index is 750. The molecule has 0 bridgehead atoms. The molecule has 0 unspecified atom stereocenters. The summed E-state index contributed by atoms with van der Waals surface area (Å²) >= 11 is 0. The van der Waals surface area contributed by atoms with Gasteiger partial charge in [-0.05, 0) is 24.3 Å². The lowest BCUT2D eigenvalue weighted by molar-refractivity contribution is 0.0592. The second-order valence-corrected chi connectivity index (χ2v) is 4.59. The van der Waals surface area contributed by atoms with Crippen molar-refractivity contribution in [3.05, 3.63) is 70.8 Å². The van der Waals surface area contributed by atoms with E-state index in [0.717, 1.165) is 0 Å². The lowest BCUT2D eigenvalue weighted by Crippen LogP contribution is -2.08. The van der Waals surface area contributed by atoms with Crippen LogP contribution >= 0.6 is 0 Å². The zero-order chi connectivity index (χ0) is 16.8. The molecule has 0 atom stereocenters. The van der Waals surface area contributed by atoms with Crippen LogP contribution in [0.3, 0.4) is 0 Å². The number of carbonyl (C=O) groups is 2. The van der Waals surface area contributed by atoms with Crippen molar-refractivity contribution < 1.29 is 24.3 Å². The van der Waals surface area contributed by atoms with Gasteiger partial charge in [0.1, 0.15) is 5.71 Å². The van der Waals surface area contributed by atoms with Gasteiger partial charge >= 0.3 is 11.9 Å². The SMILES string of the molecule is COC(=O)c1ccc(/C(=N/O)c2cccc(C(=O)OC)c2)cc1. The average molecular weight is 313 g/mol. The van der Waals surface area contributed by atoms with E-state index in [1.807, 2.05) is 0 Å². The maximum atomic E-state index is 11.6. The highest BCUT2D eigenvalue weighted by atomic mass is 16.5. The minimum absolute atomic E-state index is 0.271. The number of rotatable bonds is 4. The van der Waals surface area contributed by atoms with Gasteiger partial charge in [-0.1, -0.05) is 29.4 Å². The zero-order valence-electron chi connectivity index (χ0n) is 12.6. The van der Waals surface area contributed by atoms with Crippen LogP contribution in [0.5, 0.6) is 0 Å². The highest BCUT2D eigenvalue weighted by Crippen LogP contribution is 2.15. The van der Waals surface area contributed by atoms with Gasteiger partial charge in [0.25, 0.3) is 0 Å². The summed E-state index contributed by atoms with van der Waals surface area (Å²) in [4.78, 5) is 23.0. The number of hydrogen-bond acceptors (Lipinski definition) is 6. The summed E-state index contributed by atoms with van der Waals surface area (Å²) in [5.74, 6) is -0.933. The molecule has 0 aliphatic rings. The molecule has 0 saturated heterocycles. The predicted octanol–water partition coefficient (Wildman–Crippen LogP) is 2.49. The minimum Gasteiger partial charge on any atom is -0.465 e. The van der Waals surface area contributed by atoms with Gasteiger partial charge in [0.15, 0.2) is 0 Å². The lowest BCUT2D eigenvalue weighted by atomic mass is 9.99. The fourth-order valence-corrected chi connectivity index (χ4v) is 2.08. The fourth-order valence-electron chi connectivity index (χ4n) is 2.08. The van der Waals surface area contributed by atoms with Gasteiger partial charge in [-0.2, -0.15) is 0 Å². The molecule has 0 amide bonds. The predicted molar refractivity (Wildman–Crippen MR) is 83.0 cm³/mol. The molecule has 2 aromatic rings. The highest BCUT2D eigenvalue weighted by molar-refractivity contribution is 6.13. The molecule has 0 aliphatic carbocycles. The first-order valence-corrected chi connectivity index (χ1v) is 6.70. The Labute approximate surface area is 133 Å². The number of oxime groups is 1. The van der Waals surface area contributed by atoms with Crippen LogP contribution in [-0.2, 0) is 9.47 Å². The zero-order valence-corrected chi connectivity index (χ0v) is 12.6. The number of esters is 2. The highest BCUT2D eigenvalue weighted by Gasteiger charge is 2.13. The Hall–Kier alpha value is -3.15. The number of nitrogens with zero attached hydrogens (tertiary/aromatic N) is 1. The third kappa shape index (κ3) is 3.55. The van der Waals surface area contributed by atoms with Crippen LogP contribution in [-0.4, -0.2) is 37.1 Å². The molecule has 0 aromatic heterocycles. The number of benzene rings is 2. The maximum absolute atomic E-state index is 11.6. The normalized spacial score (nSPS) is 11.0. The summed E-state index contributed by atoms with van der Waals surface area (Å²) in [6, 6.07) is 12.9. The van der Waals surface area contributed by atoms with Gasteiger partial charge in [0.05, 0.1) is 25.3 Å². The molecule has 6 heteroatoms. The van der Waals surface area contributed by atoms with Crippen LogP contribution in [0.2, 0.25) is 0 Å². The molecule has 0 saturated carbocycles. The summed E-state index contributed by atoms with van der Waals surface area (Å²) in [5.41, 5.74) is 2.13. The van der Waals surface area contributed by atoms with E-state index < -0.39 is 11.9 Å². The second kappa shape index (κ2) is 7.22. The minimum atomic E-state index is -0.481. The van der Waals surface area contributed by atoms with E-state index in [9.17, 15) is 14.8 Å². The van der Waals surface area contributed by atoms with Gasteiger partial charge < -0.3 is 14.7 Å². The quantitative estimate of drug-likeness (QED) is 0.406. The van der Waals surface area contributed by atoms with Crippen molar-refractivity contribution in [2.45, 2.75) is 0 Å². The van der Waals surface area contributed by atoms with Crippen LogP contribution in [0.25, 0.3) is 0 Å². The summed E-state index contributed by atoms with van der Waals surface area (Å²) in [7, 11) is 2.59. The van der Waals surface area contributed by atoms with Crippen LogP contribution in [0, 0.1) is 0 Å². The summed E-state index contributed by atoms with van der Waals surface area (Å²) < 4.78 is 9.30. The lowest BCUT2D eigenvalue weighted by Gasteiger charge is -2.07. The Morgan fingerprint density at radius 2 is 1.35 bits per heavy atom. The Morgan fingerprint density at radius 1 is 0.826 bits per heavy atom. The van der Waals surface area contributed by atoms with Gasteiger partial charge in [-0.25, -0.2) is 9.59 Å².